The van der Waals surface area contributed by atoms with Gasteiger partial charge in [-0.2, -0.15) is 0 Å². The predicted octanol–water partition coefficient (Wildman–Crippen LogP) is 1.27. The third-order valence-electron chi connectivity index (χ3n) is 1.68. The van der Waals surface area contributed by atoms with Crippen LogP contribution in [0, 0.1) is 0 Å². The van der Waals surface area contributed by atoms with Gasteiger partial charge in [-0.25, -0.2) is 0 Å². The van der Waals surface area contributed by atoms with E-state index in [2.05, 4.69) is 17.2 Å². The summed E-state index contributed by atoms with van der Waals surface area (Å²) in [7, 11) is 0. The highest BCUT2D eigenvalue weighted by molar-refractivity contribution is 5.56. The Balaban J connectivity index is 2.34. The normalized spacial score (nSPS) is 21.4. The Labute approximate surface area is 65.4 Å². The third-order valence-corrected chi connectivity index (χ3v) is 1.68. The van der Waals surface area contributed by atoms with Gasteiger partial charge in [0.2, 0.25) is 0 Å². The van der Waals surface area contributed by atoms with Crippen LogP contribution < -0.4 is 10.1 Å². The molecule has 1 aromatic rings. The molecule has 3 heteroatoms. The van der Waals surface area contributed by atoms with Crippen LogP contribution >= 0.6 is 0 Å². The van der Waals surface area contributed by atoms with Crippen molar-refractivity contribution in [1.82, 2.24) is 4.98 Å². The van der Waals surface area contributed by atoms with E-state index < -0.39 is 0 Å². The molecule has 0 bridgehead atoms. The van der Waals surface area contributed by atoms with Gasteiger partial charge in [0.05, 0.1) is 17.9 Å². The van der Waals surface area contributed by atoms with Gasteiger partial charge in [-0.15, -0.1) is 0 Å². The first-order valence-electron chi connectivity index (χ1n) is 3.69. The lowest BCUT2D eigenvalue weighted by Gasteiger charge is -2.23. The highest BCUT2D eigenvalue weighted by Crippen LogP contribution is 2.26. The Hall–Kier alpha value is -1.25. The molecule has 1 aliphatic rings. The smallest absolute Gasteiger partial charge is 0.160 e. The number of nitrogens with zero attached hydrogens (tertiary/aromatic N) is 1. The molecule has 0 amide bonds. The summed E-state index contributed by atoms with van der Waals surface area (Å²) in [6, 6.07) is 2.32. The summed E-state index contributed by atoms with van der Waals surface area (Å²) in [5, 5.41) is 3.29. The largest absolute Gasteiger partial charge is 0.488 e. The van der Waals surface area contributed by atoms with Crippen molar-refractivity contribution >= 4 is 5.69 Å². The van der Waals surface area contributed by atoms with Crippen LogP contribution in [0.1, 0.15) is 6.92 Å². The molecule has 58 valence electrons. The standard InChI is InChI=1S/C8H10N2O/c1-6-5-11-8-4-9-3-2-7(8)10-6/h2-4,6,10H,5H2,1H3. The number of anilines is 1. The van der Waals surface area contributed by atoms with Crippen LogP contribution in [0.3, 0.4) is 0 Å². The highest BCUT2D eigenvalue weighted by Gasteiger charge is 2.13. The van der Waals surface area contributed by atoms with Crippen LogP contribution in [0.2, 0.25) is 0 Å². The molecule has 2 heterocycles. The fourth-order valence-corrected chi connectivity index (χ4v) is 1.14. The van der Waals surface area contributed by atoms with E-state index in [9.17, 15) is 0 Å². The van der Waals surface area contributed by atoms with Crippen molar-refractivity contribution in [3.05, 3.63) is 18.5 Å². The number of hydrogen-bond donors (Lipinski definition) is 1. The number of hydrogen-bond acceptors (Lipinski definition) is 3. The molecule has 11 heavy (non-hydrogen) atoms. The van der Waals surface area contributed by atoms with E-state index >= 15 is 0 Å². The second-order valence-electron chi connectivity index (χ2n) is 2.73. The summed E-state index contributed by atoms with van der Waals surface area (Å²) < 4.78 is 5.41. The number of nitrogens with one attached hydrogen (secondary N) is 1. The molecule has 0 spiro atoms. The second kappa shape index (κ2) is 2.42. The molecule has 0 saturated heterocycles. The molecule has 1 unspecified atom stereocenters. The van der Waals surface area contributed by atoms with Crippen molar-refractivity contribution in [3.8, 4) is 5.75 Å². The van der Waals surface area contributed by atoms with Gasteiger partial charge in [0.15, 0.2) is 5.75 Å². The number of aromatic nitrogens is 1. The minimum absolute atomic E-state index is 0.393. The van der Waals surface area contributed by atoms with Crippen molar-refractivity contribution in [3.63, 3.8) is 0 Å². The van der Waals surface area contributed by atoms with Gasteiger partial charge in [0, 0.05) is 6.20 Å². The van der Waals surface area contributed by atoms with Gasteiger partial charge in [-0.3, -0.25) is 4.98 Å². The number of pyridine rings is 1. The Bertz CT molecular complexity index is 262. The van der Waals surface area contributed by atoms with E-state index in [0.29, 0.717) is 6.04 Å². The van der Waals surface area contributed by atoms with Crippen molar-refractivity contribution in [2.24, 2.45) is 0 Å². The lowest BCUT2D eigenvalue weighted by atomic mass is 10.2. The minimum Gasteiger partial charge on any atom is -0.488 e. The molecular weight excluding hydrogens is 140 g/mol. The summed E-state index contributed by atoms with van der Waals surface area (Å²) in [6.07, 6.45) is 3.49. The van der Waals surface area contributed by atoms with E-state index in [4.69, 9.17) is 4.74 Å². The molecule has 0 aliphatic carbocycles. The zero-order chi connectivity index (χ0) is 7.68. The van der Waals surface area contributed by atoms with E-state index in [1.54, 1.807) is 12.4 Å². The highest BCUT2D eigenvalue weighted by atomic mass is 16.5. The van der Waals surface area contributed by atoms with Crippen molar-refractivity contribution in [2.45, 2.75) is 13.0 Å². The maximum atomic E-state index is 5.41. The van der Waals surface area contributed by atoms with Crippen LogP contribution in [-0.4, -0.2) is 17.6 Å². The zero-order valence-corrected chi connectivity index (χ0v) is 6.37. The van der Waals surface area contributed by atoms with Crippen molar-refractivity contribution < 1.29 is 4.74 Å². The van der Waals surface area contributed by atoms with Crippen LogP contribution in [0.4, 0.5) is 5.69 Å². The summed E-state index contributed by atoms with van der Waals surface area (Å²) in [5.74, 6) is 0.852. The first kappa shape index (κ1) is 6.46. The quantitative estimate of drug-likeness (QED) is 0.604. The fourth-order valence-electron chi connectivity index (χ4n) is 1.14. The zero-order valence-electron chi connectivity index (χ0n) is 6.37. The molecular formula is C8H10N2O. The molecule has 2 rings (SSSR count). The molecule has 1 aliphatic heterocycles. The van der Waals surface area contributed by atoms with E-state index in [0.717, 1.165) is 18.0 Å². The van der Waals surface area contributed by atoms with Crippen molar-refractivity contribution in [2.75, 3.05) is 11.9 Å². The Kier molecular flexibility index (Phi) is 1.42. The molecule has 1 aromatic heterocycles. The van der Waals surface area contributed by atoms with Gasteiger partial charge in [-0.1, -0.05) is 0 Å². The molecule has 0 saturated carbocycles. The molecule has 1 atom stereocenters. The summed E-state index contributed by atoms with van der Waals surface area (Å²) in [4.78, 5) is 3.96. The Morgan fingerprint density at radius 3 is 3.55 bits per heavy atom. The first-order chi connectivity index (χ1) is 5.36. The van der Waals surface area contributed by atoms with Crippen LogP contribution in [-0.2, 0) is 0 Å². The second-order valence-corrected chi connectivity index (χ2v) is 2.73. The van der Waals surface area contributed by atoms with Gasteiger partial charge >= 0.3 is 0 Å². The van der Waals surface area contributed by atoms with Gasteiger partial charge in [0.1, 0.15) is 6.61 Å². The molecule has 3 nitrogen and oxygen atoms in total. The average molecular weight is 150 g/mol. The number of fused-ring (bicyclic) bond motifs is 1. The molecule has 0 radical (unpaired) electrons. The maximum absolute atomic E-state index is 5.41. The molecule has 0 fully saturated rings. The average Bonchev–Trinajstić information content (AvgIpc) is 2.04. The van der Waals surface area contributed by atoms with E-state index in [1.165, 1.54) is 0 Å². The lowest BCUT2D eigenvalue weighted by molar-refractivity contribution is 0.290. The van der Waals surface area contributed by atoms with Crippen LogP contribution in [0.5, 0.6) is 5.75 Å². The molecule has 0 aromatic carbocycles. The third kappa shape index (κ3) is 1.13. The Morgan fingerprint density at radius 2 is 2.64 bits per heavy atom. The minimum atomic E-state index is 0.393. The monoisotopic (exact) mass is 150 g/mol. The summed E-state index contributed by atoms with van der Waals surface area (Å²) in [5.41, 5.74) is 1.04. The number of ether oxygens (including phenoxy) is 1. The summed E-state index contributed by atoms with van der Waals surface area (Å²) in [6.45, 7) is 2.81. The molecule has 1 N–H and O–H groups in total. The topological polar surface area (TPSA) is 34.1 Å². The van der Waals surface area contributed by atoms with Crippen LogP contribution in [0.15, 0.2) is 18.5 Å². The SMILES string of the molecule is CC1COc2cnccc2N1. The van der Waals surface area contributed by atoms with Gasteiger partial charge in [-0.05, 0) is 13.0 Å². The van der Waals surface area contributed by atoms with Gasteiger partial charge < -0.3 is 10.1 Å². The lowest BCUT2D eigenvalue weighted by Crippen LogP contribution is -2.28. The maximum Gasteiger partial charge on any atom is 0.160 e. The first-order valence-corrected chi connectivity index (χ1v) is 3.69. The van der Waals surface area contributed by atoms with Crippen molar-refractivity contribution in [1.29, 1.82) is 0 Å². The Morgan fingerprint density at radius 1 is 1.73 bits per heavy atom. The van der Waals surface area contributed by atoms with Gasteiger partial charge in [0.25, 0.3) is 0 Å². The predicted molar refractivity (Wildman–Crippen MR) is 42.8 cm³/mol. The number of rotatable bonds is 0. The van der Waals surface area contributed by atoms with E-state index in [1.807, 2.05) is 6.07 Å². The fraction of sp³-hybridized carbons (Fsp3) is 0.375. The summed E-state index contributed by atoms with van der Waals surface area (Å²) >= 11 is 0. The van der Waals surface area contributed by atoms with E-state index in [-0.39, 0.29) is 0 Å². The van der Waals surface area contributed by atoms with Crippen LogP contribution in [0.25, 0.3) is 0 Å².